The van der Waals surface area contributed by atoms with Gasteiger partial charge in [-0.3, -0.25) is 10.1 Å². The second-order valence-electron chi connectivity index (χ2n) is 5.46. The minimum atomic E-state index is -0.584. The van der Waals surface area contributed by atoms with E-state index in [0.717, 1.165) is 19.3 Å². The number of hydrogen-bond donors (Lipinski definition) is 3. The SMILES string of the molecule is CCCCCOC(=O)c1ccc(NC(=S)NC(=O)c2ccco2)cc1O. The van der Waals surface area contributed by atoms with Crippen molar-refractivity contribution in [2.75, 3.05) is 11.9 Å². The molecule has 138 valence electrons. The van der Waals surface area contributed by atoms with Crippen LogP contribution in [0.1, 0.15) is 47.1 Å². The van der Waals surface area contributed by atoms with E-state index in [2.05, 4.69) is 17.6 Å². The van der Waals surface area contributed by atoms with Crippen LogP contribution in [-0.2, 0) is 4.74 Å². The molecule has 3 N–H and O–H groups in total. The molecule has 1 aromatic heterocycles. The van der Waals surface area contributed by atoms with Gasteiger partial charge >= 0.3 is 5.97 Å². The Balaban J connectivity index is 1.90. The second-order valence-corrected chi connectivity index (χ2v) is 5.87. The Labute approximate surface area is 156 Å². The van der Waals surface area contributed by atoms with Gasteiger partial charge in [-0.15, -0.1) is 0 Å². The lowest BCUT2D eigenvalue weighted by Gasteiger charge is -2.11. The third-order valence-corrected chi connectivity index (χ3v) is 3.63. The Morgan fingerprint density at radius 2 is 2.08 bits per heavy atom. The van der Waals surface area contributed by atoms with Gasteiger partial charge in [0.25, 0.3) is 5.91 Å². The molecule has 0 radical (unpaired) electrons. The lowest BCUT2D eigenvalue weighted by molar-refractivity contribution is 0.0495. The molecule has 0 aliphatic heterocycles. The lowest BCUT2D eigenvalue weighted by Crippen LogP contribution is -2.33. The fourth-order valence-electron chi connectivity index (χ4n) is 2.11. The van der Waals surface area contributed by atoms with Crippen molar-refractivity contribution in [3.63, 3.8) is 0 Å². The molecule has 1 aromatic carbocycles. The number of thiocarbonyl (C=S) groups is 1. The third kappa shape index (κ3) is 5.59. The summed E-state index contributed by atoms with van der Waals surface area (Å²) in [6.07, 6.45) is 4.17. The Kier molecular flexibility index (Phi) is 7.16. The first-order chi connectivity index (χ1) is 12.5. The van der Waals surface area contributed by atoms with E-state index < -0.39 is 11.9 Å². The molecule has 2 aromatic rings. The summed E-state index contributed by atoms with van der Waals surface area (Å²) in [4.78, 5) is 23.8. The average Bonchev–Trinajstić information content (AvgIpc) is 3.13. The average molecular weight is 376 g/mol. The first-order valence-corrected chi connectivity index (χ1v) is 8.58. The van der Waals surface area contributed by atoms with Gasteiger partial charge < -0.3 is 19.6 Å². The van der Waals surface area contributed by atoms with Crippen molar-refractivity contribution < 1.29 is 23.8 Å². The fraction of sp³-hybridized carbons (Fsp3) is 0.278. The fourth-order valence-corrected chi connectivity index (χ4v) is 2.32. The van der Waals surface area contributed by atoms with Crippen molar-refractivity contribution in [2.45, 2.75) is 26.2 Å². The summed E-state index contributed by atoms with van der Waals surface area (Å²) >= 11 is 5.04. The number of carbonyl (C=O) groups excluding carboxylic acids is 2. The molecule has 26 heavy (non-hydrogen) atoms. The van der Waals surface area contributed by atoms with Crippen molar-refractivity contribution >= 4 is 34.9 Å². The summed E-state index contributed by atoms with van der Waals surface area (Å²) < 4.78 is 10.1. The highest BCUT2D eigenvalue weighted by Gasteiger charge is 2.14. The molecule has 8 heteroatoms. The molecule has 0 saturated heterocycles. The number of rotatable bonds is 7. The van der Waals surface area contributed by atoms with E-state index in [1.807, 2.05) is 0 Å². The molecule has 1 amide bonds. The topological polar surface area (TPSA) is 101 Å². The molecular formula is C18H20N2O5S. The summed E-state index contributed by atoms with van der Waals surface area (Å²) in [6.45, 7) is 2.37. The number of esters is 1. The monoisotopic (exact) mass is 376 g/mol. The van der Waals surface area contributed by atoms with Crippen LogP contribution in [0.2, 0.25) is 0 Å². The summed E-state index contributed by atoms with van der Waals surface area (Å²) in [5.41, 5.74) is 0.479. The molecular weight excluding hydrogens is 356 g/mol. The van der Waals surface area contributed by atoms with Crippen LogP contribution in [0.3, 0.4) is 0 Å². The molecule has 0 saturated carbocycles. The molecule has 0 atom stereocenters. The van der Waals surface area contributed by atoms with Crippen molar-refractivity contribution in [2.24, 2.45) is 0 Å². The van der Waals surface area contributed by atoms with Crippen LogP contribution in [0, 0.1) is 0 Å². The summed E-state index contributed by atoms with van der Waals surface area (Å²) in [7, 11) is 0. The van der Waals surface area contributed by atoms with Crippen LogP contribution in [0.5, 0.6) is 5.75 Å². The van der Waals surface area contributed by atoms with Crippen LogP contribution < -0.4 is 10.6 Å². The van der Waals surface area contributed by atoms with Gasteiger partial charge in [-0.2, -0.15) is 0 Å². The van der Waals surface area contributed by atoms with E-state index in [4.69, 9.17) is 21.4 Å². The quantitative estimate of drug-likeness (QED) is 0.386. The number of unbranched alkanes of at least 4 members (excludes halogenated alkanes) is 2. The van der Waals surface area contributed by atoms with E-state index in [9.17, 15) is 14.7 Å². The minimum Gasteiger partial charge on any atom is -0.507 e. The van der Waals surface area contributed by atoms with Crippen molar-refractivity contribution in [1.29, 1.82) is 0 Å². The first kappa shape index (κ1) is 19.5. The molecule has 1 heterocycles. The van der Waals surface area contributed by atoms with Gasteiger partial charge in [-0.05, 0) is 42.9 Å². The predicted molar refractivity (Wildman–Crippen MR) is 100 cm³/mol. The number of carbonyl (C=O) groups is 2. The third-order valence-electron chi connectivity index (χ3n) is 3.43. The largest absolute Gasteiger partial charge is 0.507 e. The summed E-state index contributed by atoms with van der Waals surface area (Å²) in [5.74, 6) is -1.20. The van der Waals surface area contributed by atoms with Gasteiger partial charge in [0.05, 0.1) is 12.9 Å². The summed E-state index contributed by atoms with van der Waals surface area (Å²) in [6, 6.07) is 7.40. The minimum absolute atomic E-state index is 0.0284. The second kappa shape index (κ2) is 9.57. The first-order valence-electron chi connectivity index (χ1n) is 8.17. The van der Waals surface area contributed by atoms with E-state index in [1.54, 1.807) is 12.1 Å². The Morgan fingerprint density at radius 3 is 2.73 bits per heavy atom. The van der Waals surface area contributed by atoms with E-state index in [0.29, 0.717) is 12.3 Å². The van der Waals surface area contributed by atoms with Gasteiger partial charge in [-0.1, -0.05) is 19.8 Å². The van der Waals surface area contributed by atoms with Crippen molar-refractivity contribution in [1.82, 2.24) is 5.32 Å². The van der Waals surface area contributed by atoms with Gasteiger partial charge in [0.1, 0.15) is 11.3 Å². The standard InChI is InChI=1S/C18H20N2O5S/c1-2-3-4-9-25-17(23)13-8-7-12(11-14(13)21)19-18(26)20-16(22)15-6-5-10-24-15/h5-8,10-11,21H,2-4,9H2,1H3,(H2,19,20,22,26). The molecule has 0 spiro atoms. The molecule has 0 fully saturated rings. The number of furan rings is 1. The molecule has 2 rings (SSSR count). The highest BCUT2D eigenvalue weighted by molar-refractivity contribution is 7.80. The van der Waals surface area contributed by atoms with Gasteiger partial charge in [0.15, 0.2) is 10.9 Å². The number of amides is 1. The smallest absolute Gasteiger partial charge is 0.341 e. The van der Waals surface area contributed by atoms with E-state index in [-0.39, 0.29) is 22.2 Å². The van der Waals surface area contributed by atoms with Crippen molar-refractivity contribution in [3.05, 3.63) is 47.9 Å². The number of anilines is 1. The van der Waals surface area contributed by atoms with Crippen LogP contribution in [0.15, 0.2) is 41.0 Å². The molecule has 7 nitrogen and oxygen atoms in total. The van der Waals surface area contributed by atoms with Crippen LogP contribution >= 0.6 is 12.2 Å². The van der Waals surface area contributed by atoms with Crippen LogP contribution in [-0.4, -0.2) is 28.7 Å². The maximum Gasteiger partial charge on any atom is 0.341 e. The Bertz CT molecular complexity index is 774. The maximum atomic E-state index is 11.9. The molecule has 0 bridgehead atoms. The number of aromatic hydroxyl groups is 1. The molecule has 0 aliphatic rings. The zero-order valence-electron chi connectivity index (χ0n) is 14.3. The predicted octanol–water partition coefficient (Wildman–Crippen LogP) is 3.46. The number of ether oxygens (including phenoxy) is 1. The molecule has 0 aliphatic carbocycles. The maximum absolute atomic E-state index is 11.9. The Hall–Kier alpha value is -2.87. The number of phenolic OH excluding ortho intramolecular Hbond substituents is 1. The zero-order valence-corrected chi connectivity index (χ0v) is 15.1. The molecule has 0 unspecified atom stereocenters. The number of nitrogens with one attached hydrogen (secondary N) is 2. The normalized spacial score (nSPS) is 10.2. The zero-order chi connectivity index (χ0) is 18.9. The lowest BCUT2D eigenvalue weighted by atomic mass is 10.2. The van der Waals surface area contributed by atoms with Crippen LogP contribution in [0.4, 0.5) is 5.69 Å². The van der Waals surface area contributed by atoms with E-state index in [1.165, 1.54) is 24.5 Å². The summed E-state index contributed by atoms with van der Waals surface area (Å²) in [5, 5.41) is 15.2. The number of hydrogen-bond acceptors (Lipinski definition) is 6. The Morgan fingerprint density at radius 1 is 1.27 bits per heavy atom. The van der Waals surface area contributed by atoms with E-state index >= 15 is 0 Å². The van der Waals surface area contributed by atoms with Gasteiger partial charge in [-0.25, -0.2) is 4.79 Å². The van der Waals surface area contributed by atoms with Crippen LogP contribution in [0.25, 0.3) is 0 Å². The highest BCUT2D eigenvalue weighted by Crippen LogP contribution is 2.23. The van der Waals surface area contributed by atoms with Gasteiger partial charge in [0, 0.05) is 11.8 Å². The van der Waals surface area contributed by atoms with Crippen molar-refractivity contribution in [3.8, 4) is 5.75 Å². The van der Waals surface area contributed by atoms with Gasteiger partial charge in [0.2, 0.25) is 0 Å². The number of phenols is 1. The highest BCUT2D eigenvalue weighted by atomic mass is 32.1. The number of benzene rings is 1.